The van der Waals surface area contributed by atoms with Gasteiger partial charge in [0.15, 0.2) is 0 Å². The number of methoxy groups -OCH3 is 1. The van der Waals surface area contributed by atoms with Gasteiger partial charge in [-0.15, -0.1) is 0 Å². The van der Waals surface area contributed by atoms with Crippen molar-refractivity contribution in [3.8, 4) is 11.8 Å². The predicted molar refractivity (Wildman–Crippen MR) is 72.0 cm³/mol. The molecule has 0 aliphatic carbocycles. The minimum absolute atomic E-state index is 0.0786. The Hall–Kier alpha value is -2.81. The number of Topliss-reactive ketones (excluding diaryl/α,β-unsaturated/α-hetero) is 1. The fourth-order valence-electron chi connectivity index (χ4n) is 1.30. The molecule has 0 saturated carbocycles. The minimum atomic E-state index is -1.04. The van der Waals surface area contributed by atoms with Gasteiger partial charge in [0, 0.05) is 11.9 Å². The summed E-state index contributed by atoms with van der Waals surface area (Å²) in [6.45, 7) is 1.66. The Labute approximate surface area is 116 Å². The maximum Gasteiger partial charge on any atom is 0.380 e. The second kappa shape index (κ2) is 7.59. The number of nitrogens with zero attached hydrogens (tertiary/aromatic N) is 1. The summed E-state index contributed by atoms with van der Waals surface area (Å²) in [5.41, 5.74) is 0.328. The summed E-state index contributed by atoms with van der Waals surface area (Å²) < 4.78 is 9.55. The maximum absolute atomic E-state index is 11.6. The third-order valence-electron chi connectivity index (χ3n) is 2.30. The average molecular weight is 274 g/mol. The SMILES string of the molecule is CCOC(=O)C(=O)/C(C#N)=C/Nc1ccc(OC)cc1. The summed E-state index contributed by atoms with van der Waals surface area (Å²) >= 11 is 0. The van der Waals surface area contributed by atoms with Gasteiger partial charge in [-0.05, 0) is 31.2 Å². The molecule has 6 nitrogen and oxygen atoms in total. The van der Waals surface area contributed by atoms with Crippen molar-refractivity contribution in [3.05, 3.63) is 36.0 Å². The van der Waals surface area contributed by atoms with Crippen molar-refractivity contribution in [2.75, 3.05) is 19.0 Å². The van der Waals surface area contributed by atoms with E-state index in [1.165, 1.54) is 6.20 Å². The first-order chi connectivity index (χ1) is 9.62. The van der Waals surface area contributed by atoms with Crippen molar-refractivity contribution in [3.63, 3.8) is 0 Å². The Morgan fingerprint density at radius 2 is 2.00 bits per heavy atom. The minimum Gasteiger partial charge on any atom is -0.497 e. The van der Waals surface area contributed by atoms with Crippen LogP contribution in [0.4, 0.5) is 5.69 Å². The highest BCUT2D eigenvalue weighted by Gasteiger charge is 2.19. The zero-order valence-electron chi connectivity index (χ0n) is 11.2. The number of carbonyl (C=O) groups is 2. The summed E-state index contributed by atoms with van der Waals surface area (Å²) in [6.07, 6.45) is 1.17. The van der Waals surface area contributed by atoms with Crippen molar-refractivity contribution in [2.45, 2.75) is 6.92 Å². The van der Waals surface area contributed by atoms with E-state index in [1.54, 1.807) is 44.4 Å². The van der Waals surface area contributed by atoms with Gasteiger partial charge in [0.2, 0.25) is 0 Å². The van der Waals surface area contributed by atoms with Gasteiger partial charge < -0.3 is 14.8 Å². The molecule has 0 heterocycles. The molecule has 0 fully saturated rings. The topological polar surface area (TPSA) is 88.4 Å². The lowest BCUT2D eigenvalue weighted by Gasteiger charge is -2.04. The molecular weight excluding hydrogens is 260 g/mol. The molecule has 6 heteroatoms. The van der Waals surface area contributed by atoms with Gasteiger partial charge in [-0.2, -0.15) is 5.26 Å². The van der Waals surface area contributed by atoms with Crippen molar-refractivity contribution in [1.29, 1.82) is 5.26 Å². The average Bonchev–Trinajstić information content (AvgIpc) is 2.48. The standard InChI is InChI=1S/C14H14N2O4/c1-3-20-14(18)13(17)10(8-15)9-16-11-4-6-12(19-2)7-5-11/h4-7,9,16H,3H2,1-2H3/b10-9+. The van der Waals surface area contributed by atoms with E-state index in [-0.39, 0.29) is 12.2 Å². The van der Waals surface area contributed by atoms with E-state index >= 15 is 0 Å². The third kappa shape index (κ3) is 4.14. The second-order valence-corrected chi connectivity index (χ2v) is 3.59. The molecule has 0 bridgehead atoms. The number of ether oxygens (including phenoxy) is 2. The van der Waals surface area contributed by atoms with E-state index in [1.807, 2.05) is 0 Å². The van der Waals surface area contributed by atoms with Crippen LogP contribution in [0.2, 0.25) is 0 Å². The Morgan fingerprint density at radius 3 is 2.50 bits per heavy atom. The molecule has 0 spiro atoms. The highest BCUT2D eigenvalue weighted by Crippen LogP contribution is 2.15. The quantitative estimate of drug-likeness (QED) is 0.367. The fourth-order valence-corrected chi connectivity index (χ4v) is 1.30. The largest absolute Gasteiger partial charge is 0.497 e. The number of anilines is 1. The monoisotopic (exact) mass is 274 g/mol. The lowest BCUT2D eigenvalue weighted by molar-refractivity contribution is -0.151. The number of ketones is 1. The highest BCUT2D eigenvalue weighted by atomic mass is 16.5. The van der Waals surface area contributed by atoms with E-state index in [4.69, 9.17) is 10.00 Å². The van der Waals surface area contributed by atoms with Gasteiger partial charge in [-0.25, -0.2) is 4.79 Å². The molecule has 0 aromatic heterocycles. The van der Waals surface area contributed by atoms with Gasteiger partial charge in [-0.3, -0.25) is 4.79 Å². The van der Waals surface area contributed by atoms with Crippen LogP contribution >= 0.6 is 0 Å². The number of benzene rings is 1. The molecule has 1 N–H and O–H groups in total. The molecular formula is C14H14N2O4. The summed E-state index contributed by atoms with van der Waals surface area (Å²) in [5.74, 6) is -1.34. The van der Waals surface area contributed by atoms with Crippen LogP contribution in [0, 0.1) is 11.3 Å². The summed E-state index contributed by atoms with van der Waals surface area (Å²) in [6, 6.07) is 8.51. The van der Waals surface area contributed by atoms with Gasteiger partial charge in [0.25, 0.3) is 5.78 Å². The van der Waals surface area contributed by atoms with Crippen LogP contribution in [0.3, 0.4) is 0 Å². The van der Waals surface area contributed by atoms with Gasteiger partial charge in [0.1, 0.15) is 17.4 Å². The van der Waals surface area contributed by atoms with Crippen molar-refractivity contribution >= 4 is 17.4 Å². The molecule has 0 amide bonds. The zero-order valence-corrected chi connectivity index (χ0v) is 11.2. The molecule has 0 radical (unpaired) electrons. The van der Waals surface area contributed by atoms with Crippen LogP contribution in [0.1, 0.15) is 6.92 Å². The Bertz CT molecular complexity index is 556. The number of rotatable bonds is 6. The molecule has 1 aromatic rings. The van der Waals surface area contributed by atoms with Crippen molar-refractivity contribution in [2.24, 2.45) is 0 Å². The number of carbonyl (C=O) groups excluding carboxylic acids is 2. The molecule has 0 aliphatic heterocycles. The zero-order chi connectivity index (χ0) is 15.0. The number of hydrogen-bond acceptors (Lipinski definition) is 6. The van der Waals surface area contributed by atoms with Crippen LogP contribution in [0.15, 0.2) is 36.0 Å². The van der Waals surface area contributed by atoms with E-state index in [0.29, 0.717) is 11.4 Å². The lowest BCUT2D eigenvalue weighted by Crippen LogP contribution is -2.19. The van der Waals surface area contributed by atoms with E-state index in [0.717, 1.165) is 0 Å². The summed E-state index contributed by atoms with van der Waals surface area (Å²) in [5, 5.41) is 11.6. The molecule has 0 atom stereocenters. The third-order valence-corrected chi connectivity index (χ3v) is 2.30. The second-order valence-electron chi connectivity index (χ2n) is 3.59. The van der Waals surface area contributed by atoms with Gasteiger partial charge in [-0.1, -0.05) is 0 Å². The number of esters is 1. The van der Waals surface area contributed by atoms with Crippen LogP contribution in [0.25, 0.3) is 0 Å². The molecule has 1 rings (SSSR count). The number of hydrogen-bond donors (Lipinski definition) is 1. The fraction of sp³-hybridized carbons (Fsp3) is 0.214. The Kier molecular flexibility index (Phi) is 5.78. The van der Waals surface area contributed by atoms with Crippen LogP contribution in [-0.2, 0) is 14.3 Å². The van der Waals surface area contributed by atoms with E-state index in [2.05, 4.69) is 10.1 Å². The smallest absolute Gasteiger partial charge is 0.380 e. The lowest BCUT2D eigenvalue weighted by atomic mass is 10.2. The van der Waals surface area contributed by atoms with Gasteiger partial charge >= 0.3 is 5.97 Å². The molecule has 0 unspecified atom stereocenters. The van der Waals surface area contributed by atoms with E-state index in [9.17, 15) is 9.59 Å². The van der Waals surface area contributed by atoms with Gasteiger partial charge in [0.05, 0.1) is 13.7 Å². The van der Waals surface area contributed by atoms with Crippen molar-refractivity contribution in [1.82, 2.24) is 0 Å². The first-order valence-electron chi connectivity index (χ1n) is 5.84. The normalized spacial score (nSPS) is 10.3. The molecule has 20 heavy (non-hydrogen) atoms. The van der Waals surface area contributed by atoms with Crippen LogP contribution in [-0.4, -0.2) is 25.5 Å². The number of nitriles is 1. The molecule has 104 valence electrons. The van der Waals surface area contributed by atoms with E-state index < -0.39 is 11.8 Å². The first-order valence-corrected chi connectivity index (χ1v) is 5.84. The number of nitrogens with one attached hydrogen (secondary N) is 1. The van der Waals surface area contributed by atoms with Crippen LogP contribution in [0.5, 0.6) is 5.75 Å². The summed E-state index contributed by atoms with van der Waals surface area (Å²) in [7, 11) is 1.55. The van der Waals surface area contributed by atoms with Crippen molar-refractivity contribution < 1.29 is 19.1 Å². The Balaban J connectivity index is 2.77. The predicted octanol–water partition coefficient (Wildman–Crippen LogP) is 1.65. The molecule has 1 aromatic carbocycles. The molecule has 0 aliphatic rings. The first kappa shape index (κ1) is 15.2. The summed E-state index contributed by atoms with van der Waals surface area (Å²) in [4.78, 5) is 22.8. The highest BCUT2D eigenvalue weighted by molar-refractivity contribution is 6.41. The Morgan fingerprint density at radius 1 is 1.35 bits per heavy atom. The maximum atomic E-state index is 11.6. The van der Waals surface area contributed by atoms with Crippen LogP contribution < -0.4 is 10.1 Å². The molecule has 0 saturated heterocycles.